The number of benzene rings is 1. The largest absolute Gasteiger partial charge is 0.489 e. The molecular formula is C26H35N3O5. The molecule has 3 heterocycles. The first kappa shape index (κ1) is 23.3. The fourth-order valence-electron chi connectivity index (χ4n) is 6.08. The summed E-state index contributed by atoms with van der Waals surface area (Å²) >= 11 is 0. The van der Waals surface area contributed by atoms with Gasteiger partial charge in [-0.2, -0.15) is 0 Å². The van der Waals surface area contributed by atoms with Gasteiger partial charge in [-0.3, -0.25) is 24.6 Å². The molecule has 1 saturated carbocycles. The van der Waals surface area contributed by atoms with Gasteiger partial charge in [0.1, 0.15) is 17.9 Å². The number of carbonyl (C=O) groups excluding carboxylic acids is 3. The predicted molar refractivity (Wildman–Crippen MR) is 125 cm³/mol. The summed E-state index contributed by atoms with van der Waals surface area (Å²) < 4.78 is 12.5. The van der Waals surface area contributed by atoms with Crippen LogP contribution < -0.4 is 10.1 Å². The number of nitrogens with one attached hydrogen (secondary N) is 1. The Balaban J connectivity index is 1.23. The molecule has 1 aromatic rings. The Labute approximate surface area is 200 Å². The van der Waals surface area contributed by atoms with E-state index in [1.165, 1.54) is 0 Å². The minimum Gasteiger partial charge on any atom is -0.489 e. The highest BCUT2D eigenvalue weighted by atomic mass is 16.5. The van der Waals surface area contributed by atoms with Crippen LogP contribution in [-0.2, 0) is 20.9 Å². The Hall–Kier alpha value is -2.45. The minimum absolute atomic E-state index is 0.0128. The molecule has 0 spiro atoms. The second kappa shape index (κ2) is 9.30. The van der Waals surface area contributed by atoms with E-state index in [1.807, 2.05) is 18.2 Å². The number of ether oxygens (including phenoxy) is 2. The number of imide groups is 1. The van der Waals surface area contributed by atoms with Gasteiger partial charge in [0.05, 0.1) is 5.60 Å². The summed E-state index contributed by atoms with van der Waals surface area (Å²) in [5, 5.41) is 2.35. The highest BCUT2D eigenvalue weighted by molar-refractivity contribution is 6.05. The first-order chi connectivity index (χ1) is 16.4. The van der Waals surface area contributed by atoms with Gasteiger partial charge in [-0.1, -0.05) is 0 Å². The van der Waals surface area contributed by atoms with Gasteiger partial charge in [0.2, 0.25) is 11.8 Å². The van der Waals surface area contributed by atoms with E-state index in [0.29, 0.717) is 24.6 Å². The topological polar surface area (TPSA) is 88.2 Å². The van der Waals surface area contributed by atoms with Crippen LogP contribution in [0, 0.1) is 0 Å². The number of piperidine rings is 2. The van der Waals surface area contributed by atoms with Gasteiger partial charge >= 0.3 is 0 Å². The van der Waals surface area contributed by atoms with Gasteiger partial charge < -0.3 is 14.4 Å². The lowest BCUT2D eigenvalue weighted by molar-refractivity contribution is -0.136. The second-order valence-electron chi connectivity index (χ2n) is 10.3. The smallest absolute Gasteiger partial charge is 0.255 e. The average Bonchev–Trinajstić information content (AvgIpc) is 3.39. The predicted octanol–water partition coefficient (Wildman–Crippen LogP) is 2.64. The molecule has 4 aliphatic rings. The van der Waals surface area contributed by atoms with Crippen molar-refractivity contribution < 1.29 is 23.9 Å². The number of nitrogens with zero attached hydrogens (tertiary/aromatic N) is 2. The summed E-state index contributed by atoms with van der Waals surface area (Å²) in [6.07, 6.45) is 6.18. The minimum atomic E-state index is -0.595. The quantitative estimate of drug-likeness (QED) is 0.645. The van der Waals surface area contributed by atoms with Gasteiger partial charge in [-0.05, 0) is 76.1 Å². The van der Waals surface area contributed by atoms with Crippen molar-refractivity contribution >= 4 is 17.7 Å². The summed E-state index contributed by atoms with van der Waals surface area (Å²) in [6.45, 7) is 7.47. The van der Waals surface area contributed by atoms with Gasteiger partial charge in [0, 0.05) is 44.3 Å². The van der Waals surface area contributed by atoms with Gasteiger partial charge in [0.25, 0.3) is 5.91 Å². The summed E-state index contributed by atoms with van der Waals surface area (Å²) in [7, 11) is 0. The maximum absolute atomic E-state index is 12.9. The molecule has 3 aliphatic heterocycles. The van der Waals surface area contributed by atoms with E-state index < -0.39 is 6.04 Å². The van der Waals surface area contributed by atoms with Crippen molar-refractivity contribution in [2.75, 3.05) is 19.7 Å². The van der Waals surface area contributed by atoms with Crippen LogP contribution in [0.3, 0.4) is 0 Å². The third-order valence-electron chi connectivity index (χ3n) is 8.02. The summed E-state index contributed by atoms with van der Waals surface area (Å²) in [6, 6.07) is 5.46. The number of likely N-dealkylation sites (tertiary alicyclic amines) is 1. The van der Waals surface area contributed by atoms with Crippen molar-refractivity contribution in [3.05, 3.63) is 29.3 Å². The molecule has 184 valence electrons. The standard InChI is InChI=1S/C26H35N3O5/c1-3-33-26(2)11-13-28(14-12-26)20-5-4-6-22(20)34-18-7-8-19-17(15-18)16-29(25(19)32)21-9-10-23(30)27-24(21)31/h7-8,15,20-22H,3-6,9-14,16H2,1-2H3,(H,27,30,31)/t20-,21?,22-/m0/s1. The van der Waals surface area contributed by atoms with Crippen LogP contribution in [-0.4, -0.2) is 71.0 Å². The fourth-order valence-corrected chi connectivity index (χ4v) is 6.08. The Morgan fingerprint density at radius 1 is 1.12 bits per heavy atom. The molecule has 34 heavy (non-hydrogen) atoms. The van der Waals surface area contributed by atoms with E-state index in [0.717, 1.165) is 63.1 Å². The SMILES string of the molecule is CCOC1(C)CCN([C@H]2CCC[C@@H]2Oc2ccc3c(c2)CN(C2CCC(=O)NC2=O)C3=O)CC1. The van der Waals surface area contributed by atoms with Crippen LogP contribution >= 0.6 is 0 Å². The highest BCUT2D eigenvalue weighted by Gasteiger charge is 2.41. The normalized spacial score (nSPS) is 29.3. The van der Waals surface area contributed by atoms with E-state index in [9.17, 15) is 14.4 Å². The fraction of sp³-hybridized carbons (Fsp3) is 0.654. The Bertz CT molecular complexity index is 971. The van der Waals surface area contributed by atoms with Crippen LogP contribution in [0.2, 0.25) is 0 Å². The number of hydrogen-bond donors (Lipinski definition) is 1. The number of rotatable bonds is 6. The molecule has 1 N–H and O–H groups in total. The average molecular weight is 470 g/mol. The van der Waals surface area contributed by atoms with Gasteiger partial charge in [-0.25, -0.2) is 0 Å². The lowest BCUT2D eigenvalue weighted by Gasteiger charge is -2.42. The molecular weight excluding hydrogens is 434 g/mol. The van der Waals surface area contributed by atoms with Crippen molar-refractivity contribution in [3.8, 4) is 5.75 Å². The van der Waals surface area contributed by atoms with E-state index >= 15 is 0 Å². The number of fused-ring (bicyclic) bond motifs is 1. The lowest BCUT2D eigenvalue weighted by Crippen LogP contribution is -2.52. The lowest BCUT2D eigenvalue weighted by atomic mass is 9.92. The first-order valence-electron chi connectivity index (χ1n) is 12.7. The summed E-state index contributed by atoms with van der Waals surface area (Å²) in [5.74, 6) is -0.0294. The first-order valence-corrected chi connectivity index (χ1v) is 12.7. The highest BCUT2D eigenvalue weighted by Crippen LogP contribution is 2.35. The second-order valence-corrected chi connectivity index (χ2v) is 10.3. The third-order valence-corrected chi connectivity index (χ3v) is 8.02. The van der Waals surface area contributed by atoms with Crippen molar-refractivity contribution in [2.45, 2.75) is 89.1 Å². The van der Waals surface area contributed by atoms with Crippen molar-refractivity contribution in [1.82, 2.24) is 15.1 Å². The maximum Gasteiger partial charge on any atom is 0.255 e. The molecule has 0 bridgehead atoms. The molecule has 0 aromatic heterocycles. The van der Waals surface area contributed by atoms with Crippen molar-refractivity contribution in [3.63, 3.8) is 0 Å². The van der Waals surface area contributed by atoms with Crippen LogP contribution in [0.1, 0.15) is 74.7 Å². The number of carbonyl (C=O) groups is 3. The van der Waals surface area contributed by atoms with E-state index in [-0.39, 0.29) is 35.8 Å². The van der Waals surface area contributed by atoms with Gasteiger partial charge in [-0.15, -0.1) is 0 Å². The Morgan fingerprint density at radius 3 is 2.65 bits per heavy atom. The molecule has 3 atom stereocenters. The summed E-state index contributed by atoms with van der Waals surface area (Å²) in [5.41, 5.74) is 1.49. The molecule has 5 rings (SSSR count). The molecule has 1 unspecified atom stereocenters. The molecule has 8 heteroatoms. The van der Waals surface area contributed by atoms with E-state index in [4.69, 9.17) is 9.47 Å². The molecule has 1 aromatic carbocycles. The Kier molecular flexibility index (Phi) is 6.37. The van der Waals surface area contributed by atoms with Crippen LogP contribution in [0.15, 0.2) is 18.2 Å². The molecule has 0 radical (unpaired) electrons. The van der Waals surface area contributed by atoms with Crippen LogP contribution in [0.4, 0.5) is 0 Å². The summed E-state index contributed by atoms with van der Waals surface area (Å²) in [4.78, 5) is 40.9. The molecule has 3 amide bonds. The van der Waals surface area contributed by atoms with Gasteiger partial charge in [0.15, 0.2) is 0 Å². The zero-order valence-corrected chi connectivity index (χ0v) is 20.2. The molecule has 3 fully saturated rings. The molecule has 2 saturated heterocycles. The monoisotopic (exact) mass is 469 g/mol. The zero-order valence-electron chi connectivity index (χ0n) is 20.2. The van der Waals surface area contributed by atoms with E-state index in [2.05, 4.69) is 24.1 Å². The van der Waals surface area contributed by atoms with E-state index in [1.54, 1.807) is 4.90 Å². The number of hydrogen-bond acceptors (Lipinski definition) is 6. The zero-order chi connectivity index (χ0) is 23.9. The maximum atomic E-state index is 12.9. The van der Waals surface area contributed by atoms with Crippen LogP contribution in [0.25, 0.3) is 0 Å². The van der Waals surface area contributed by atoms with Crippen molar-refractivity contribution in [2.24, 2.45) is 0 Å². The number of amides is 3. The van der Waals surface area contributed by atoms with Crippen molar-refractivity contribution in [1.29, 1.82) is 0 Å². The van der Waals surface area contributed by atoms with Crippen LogP contribution in [0.5, 0.6) is 5.75 Å². The molecule has 1 aliphatic carbocycles. The Morgan fingerprint density at radius 2 is 1.91 bits per heavy atom. The molecule has 8 nitrogen and oxygen atoms in total. The third kappa shape index (κ3) is 4.45.